The minimum atomic E-state index is -0.292. The summed E-state index contributed by atoms with van der Waals surface area (Å²) in [5, 5.41) is 2.66. The smallest absolute Gasteiger partial charge is 0.249 e. The molecule has 0 saturated carbocycles. The van der Waals surface area contributed by atoms with Crippen LogP contribution < -0.4 is 10.1 Å². The standard InChI is InChI=1S/C11H12N2O2/c1-8-11(14)13-10(12-8)7-15-9-5-3-2-4-6-9/h2-6,8H,7H2,1H3,(H,12,13,14). The first-order valence-corrected chi connectivity index (χ1v) is 4.81. The second-order valence-corrected chi connectivity index (χ2v) is 3.34. The Hall–Kier alpha value is -1.84. The molecule has 1 aliphatic rings. The topological polar surface area (TPSA) is 50.7 Å². The predicted molar refractivity (Wildman–Crippen MR) is 57.0 cm³/mol. The van der Waals surface area contributed by atoms with Gasteiger partial charge < -0.3 is 10.1 Å². The highest BCUT2D eigenvalue weighted by Gasteiger charge is 2.21. The van der Waals surface area contributed by atoms with Gasteiger partial charge in [0.1, 0.15) is 24.2 Å². The molecule has 0 aromatic heterocycles. The summed E-state index contributed by atoms with van der Waals surface area (Å²) < 4.78 is 5.44. The number of nitrogens with zero attached hydrogens (tertiary/aromatic N) is 1. The highest BCUT2D eigenvalue weighted by molar-refractivity contribution is 6.06. The van der Waals surface area contributed by atoms with Crippen LogP contribution in [0, 0.1) is 0 Å². The van der Waals surface area contributed by atoms with Crippen molar-refractivity contribution in [2.75, 3.05) is 6.61 Å². The molecule has 4 nitrogen and oxygen atoms in total. The molecule has 1 heterocycles. The molecule has 1 aromatic rings. The van der Waals surface area contributed by atoms with E-state index < -0.39 is 0 Å². The maximum Gasteiger partial charge on any atom is 0.249 e. The molecule has 0 spiro atoms. The number of aliphatic imine (C=N–C) groups is 1. The van der Waals surface area contributed by atoms with E-state index in [4.69, 9.17) is 4.74 Å². The Kier molecular flexibility index (Phi) is 2.67. The molecular weight excluding hydrogens is 192 g/mol. The molecule has 1 aromatic carbocycles. The Morgan fingerprint density at radius 2 is 2.13 bits per heavy atom. The van der Waals surface area contributed by atoms with Gasteiger partial charge in [-0.2, -0.15) is 0 Å². The fourth-order valence-electron chi connectivity index (χ4n) is 1.31. The zero-order valence-corrected chi connectivity index (χ0v) is 8.43. The van der Waals surface area contributed by atoms with Crippen LogP contribution >= 0.6 is 0 Å². The summed E-state index contributed by atoms with van der Waals surface area (Å²) in [5.74, 6) is 1.30. The minimum Gasteiger partial charge on any atom is -0.486 e. The average molecular weight is 204 g/mol. The van der Waals surface area contributed by atoms with E-state index in [2.05, 4.69) is 10.3 Å². The first-order chi connectivity index (χ1) is 7.25. The Morgan fingerprint density at radius 3 is 2.73 bits per heavy atom. The Balaban J connectivity index is 1.90. The summed E-state index contributed by atoms with van der Waals surface area (Å²) in [6.45, 7) is 2.06. The van der Waals surface area contributed by atoms with Crippen molar-refractivity contribution in [1.82, 2.24) is 5.32 Å². The average Bonchev–Trinajstić information content (AvgIpc) is 2.57. The molecule has 0 saturated heterocycles. The molecule has 0 fully saturated rings. The summed E-state index contributed by atoms with van der Waals surface area (Å²) in [5.41, 5.74) is 0. The fourth-order valence-corrected chi connectivity index (χ4v) is 1.31. The zero-order valence-electron chi connectivity index (χ0n) is 8.43. The predicted octanol–water partition coefficient (Wildman–Crippen LogP) is 0.982. The molecule has 1 atom stereocenters. The molecule has 78 valence electrons. The molecule has 0 radical (unpaired) electrons. The lowest BCUT2D eigenvalue weighted by molar-refractivity contribution is -0.119. The van der Waals surface area contributed by atoms with Gasteiger partial charge in [-0.3, -0.25) is 9.79 Å². The van der Waals surface area contributed by atoms with Crippen molar-refractivity contribution < 1.29 is 9.53 Å². The number of ether oxygens (including phenoxy) is 1. The van der Waals surface area contributed by atoms with Crippen molar-refractivity contribution in [2.45, 2.75) is 13.0 Å². The van der Waals surface area contributed by atoms with Gasteiger partial charge in [0, 0.05) is 0 Å². The van der Waals surface area contributed by atoms with E-state index in [9.17, 15) is 4.79 Å². The third-order valence-electron chi connectivity index (χ3n) is 2.12. The van der Waals surface area contributed by atoms with Crippen LogP contribution in [0.5, 0.6) is 5.75 Å². The number of hydrogen-bond acceptors (Lipinski definition) is 3. The van der Waals surface area contributed by atoms with Crippen molar-refractivity contribution >= 4 is 11.7 Å². The van der Waals surface area contributed by atoms with Crippen molar-refractivity contribution in [3.05, 3.63) is 30.3 Å². The largest absolute Gasteiger partial charge is 0.486 e. The molecule has 1 unspecified atom stereocenters. The normalized spacial score (nSPS) is 19.7. The van der Waals surface area contributed by atoms with Crippen LogP contribution in [0.1, 0.15) is 6.92 Å². The quantitative estimate of drug-likeness (QED) is 0.798. The molecule has 4 heteroatoms. The SMILES string of the molecule is CC1N=C(COc2ccccc2)NC1=O. The van der Waals surface area contributed by atoms with Gasteiger partial charge in [-0.25, -0.2) is 0 Å². The van der Waals surface area contributed by atoms with E-state index in [1.54, 1.807) is 6.92 Å². The van der Waals surface area contributed by atoms with Gasteiger partial charge in [0.2, 0.25) is 5.91 Å². The first kappa shape index (κ1) is 9.71. The highest BCUT2D eigenvalue weighted by Crippen LogP contribution is 2.08. The van der Waals surface area contributed by atoms with Gasteiger partial charge in [-0.05, 0) is 19.1 Å². The van der Waals surface area contributed by atoms with Gasteiger partial charge in [-0.15, -0.1) is 0 Å². The Morgan fingerprint density at radius 1 is 1.40 bits per heavy atom. The maximum atomic E-state index is 11.1. The number of amidine groups is 1. The summed E-state index contributed by atoms with van der Waals surface area (Å²) >= 11 is 0. The van der Waals surface area contributed by atoms with Crippen molar-refractivity contribution in [3.63, 3.8) is 0 Å². The Labute approximate surface area is 88.0 Å². The summed E-state index contributed by atoms with van der Waals surface area (Å²) in [6, 6.07) is 9.14. The van der Waals surface area contributed by atoms with Gasteiger partial charge >= 0.3 is 0 Å². The number of hydrogen-bond donors (Lipinski definition) is 1. The van der Waals surface area contributed by atoms with Crippen LogP contribution in [0.2, 0.25) is 0 Å². The van der Waals surface area contributed by atoms with Crippen LogP contribution in [0.3, 0.4) is 0 Å². The second kappa shape index (κ2) is 4.13. The zero-order chi connectivity index (χ0) is 10.7. The van der Waals surface area contributed by atoms with E-state index >= 15 is 0 Å². The molecule has 1 N–H and O–H groups in total. The molecule has 2 rings (SSSR count). The van der Waals surface area contributed by atoms with Crippen LogP contribution in [0.4, 0.5) is 0 Å². The molecule has 0 bridgehead atoms. The number of carbonyl (C=O) groups excluding carboxylic acids is 1. The van der Waals surface area contributed by atoms with Crippen molar-refractivity contribution in [1.29, 1.82) is 0 Å². The maximum absolute atomic E-state index is 11.1. The lowest BCUT2D eigenvalue weighted by atomic mass is 10.3. The van der Waals surface area contributed by atoms with Gasteiger partial charge in [-0.1, -0.05) is 18.2 Å². The number of amides is 1. The van der Waals surface area contributed by atoms with Crippen LogP contribution in [0.25, 0.3) is 0 Å². The molecule has 15 heavy (non-hydrogen) atoms. The van der Waals surface area contributed by atoms with Crippen molar-refractivity contribution in [2.24, 2.45) is 4.99 Å². The van der Waals surface area contributed by atoms with Gasteiger partial charge in [0.25, 0.3) is 0 Å². The number of benzene rings is 1. The van der Waals surface area contributed by atoms with E-state index in [0.29, 0.717) is 12.4 Å². The Bertz CT molecular complexity index is 387. The number of carbonyl (C=O) groups is 1. The third-order valence-corrected chi connectivity index (χ3v) is 2.12. The molecular formula is C11H12N2O2. The number of rotatable bonds is 3. The lowest BCUT2D eigenvalue weighted by Crippen LogP contribution is -2.30. The molecule has 1 aliphatic heterocycles. The van der Waals surface area contributed by atoms with E-state index in [0.717, 1.165) is 5.75 Å². The van der Waals surface area contributed by atoms with E-state index in [1.165, 1.54) is 0 Å². The number of para-hydroxylation sites is 1. The minimum absolute atomic E-state index is 0.0679. The van der Waals surface area contributed by atoms with E-state index in [-0.39, 0.29) is 11.9 Å². The van der Waals surface area contributed by atoms with Gasteiger partial charge in [0.15, 0.2) is 0 Å². The fraction of sp³-hybridized carbons (Fsp3) is 0.273. The summed E-state index contributed by atoms with van der Waals surface area (Å²) in [6.07, 6.45) is 0. The first-order valence-electron chi connectivity index (χ1n) is 4.81. The van der Waals surface area contributed by atoms with Crippen LogP contribution in [-0.4, -0.2) is 24.4 Å². The van der Waals surface area contributed by atoms with E-state index in [1.807, 2.05) is 30.3 Å². The van der Waals surface area contributed by atoms with Gasteiger partial charge in [0.05, 0.1) is 0 Å². The lowest BCUT2D eigenvalue weighted by Gasteiger charge is -2.04. The third kappa shape index (κ3) is 2.34. The summed E-state index contributed by atoms with van der Waals surface area (Å²) in [4.78, 5) is 15.2. The molecule has 0 aliphatic carbocycles. The molecule has 1 amide bonds. The van der Waals surface area contributed by atoms with Crippen LogP contribution in [-0.2, 0) is 4.79 Å². The summed E-state index contributed by atoms with van der Waals surface area (Å²) in [7, 11) is 0. The van der Waals surface area contributed by atoms with Crippen LogP contribution in [0.15, 0.2) is 35.3 Å². The number of nitrogens with one attached hydrogen (secondary N) is 1. The van der Waals surface area contributed by atoms with Crippen molar-refractivity contribution in [3.8, 4) is 5.75 Å². The second-order valence-electron chi connectivity index (χ2n) is 3.34. The highest BCUT2D eigenvalue weighted by atomic mass is 16.5. The monoisotopic (exact) mass is 204 g/mol.